The molecule has 0 saturated heterocycles. The molecule has 0 radical (unpaired) electrons. The van der Waals surface area contributed by atoms with Crippen LogP contribution in [0.25, 0.3) is 0 Å². The lowest BCUT2D eigenvalue weighted by Gasteiger charge is -2.23. The van der Waals surface area contributed by atoms with Crippen molar-refractivity contribution in [3.05, 3.63) is 0 Å². The lowest BCUT2D eigenvalue weighted by atomic mass is 10.2. The van der Waals surface area contributed by atoms with E-state index in [2.05, 4.69) is 13.8 Å². The third-order valence-corrected chi connectivity index (χ3v) is 2.96. The first kappa shape index (κ1) is 17.9. The fourth-order valence-electron chi connectivity index (χ4n) is 2.13. The van der Waals surface area contributed by atoms with Crippen LogP contribution in [0.1, 0.15) is 40.5 Å². The first-order valence-electron chi connectivity index (χ1n) is 7.12. The zero-order valence-electron chi connectivity index (χ0n) is 12.7. The van der Waals surface area contributed by atoms with Crippen molar-refractivity contribution in [3.8, 4) is 0 Å². The Labute approximate surface area is 116 Å². The molecule has 19 heavy (non-hydrogen) atoms. The lowest BCUT2D eigenvalue weighted by molar-refractivity contribution is -0.138. The summed E-state index contributed by atoms with van der Waals surface area (Å²) in [7, 11) is 0. The lowest BCUT2D eigenvalue weighted by Crippen LogP contribution is -2.35. The molecule has 0 aromatic heterocycles. The minimum atomic E-state index is -0.810. The Morgan fingerprint density at radius 2 is 1.74 bits per heavy atom. The van der Waals surface area contributed by atoms with E-state index >= 15 is 0 Å². The fraction of sp³-hybridized carbons (Fsp3) is 0.857. The van der Waals surface area contributed by atoms with Gasteiger partial charge in [-0.1, -0.05) is 13.8 Å². The smallest absolute Gasteiger partial charge is 0.317 e. The molecule has 0 aliphatic heterocycles. The summed E-state index contributed by atoms with van der Waals surface area (Å²) in [6.45, 7) is 11.0. The summed E-state index contributed by atoms with van der Waals surface area (Å²) < 4.78 is 0. The predicted octanol–water partition coefficient (Wildman–Crippen LogP) is 1.68. The summed E-state index contributed by atoms with van der Waals surface area (Å²) in [4.78, 5) is 26.3. The minimum Gasteiger partial charge on any atom is -0.480 e. The molecule has 1 amide bonds. The number of carbonyl (C=O) groups excluding carboxylic acids is 1. The number of hydrogen-bond acceptors (Lipinski definition) is 3. The van der Waals surface area contributed by atoms with Crippen LogP contribution >= 0.6 is 0 Å². The number of amides is 1. The van der Waals surface area contributed by atoms with Crippen molar-refractivity contribution in [3.63, 3.8) is 0 Å². The Kier molecular flexibility index (Phi) is 9.21. The van der Waals surface area contributed by atoms with Gasteiger partial charge in [-0.05, 0) is 32.7 Å². The molecular weight excluding hydrogens is 244 g/mol. The van der Waals surface area contributed by atoms with Crippen LogP contribution < -0.4 is 0 Å². The Hall–Kier alpha value is -1.10. The maximum Gasteiger partial charge on any atom is 0.317 e. The maximum atomic E-state index is 11.8. The molecule has 0 unspecified atom stereocenters. The summed E-state index contributed by atoms with van der Waals surface area (Å²) >= 11 is 0. The molecule has 5 heteroatoms. The van der Waals surface area contributed by atoms with Crippen molar-refractivity contribution < 1.29 is 14.7 Å². The van der Waals surface area contributed by atoms with E-state index in [9.17, 15) is 9.59 Å². The van der Waals surface area contributed by atoms with Crippen LogP contribution in [0.3, 0.4) is 0 Å². The fourth-order valence-corrected chi connectivity index (χ4v) is 2.13. The van der Waals surface area contributed by atoms with Gasteiger partial charge in [0.1, 0.15) is 0 Å². The van der Waals surface area contributed by atoms with Gasteiger partial charge in [-0.15, -0.1) is 0 Å². The van der Waals surface area contributed by atoms with Crippen molar-refractivity contribution in [2.75, 3.05) is 32.7 Å². The van der Waals surface area contributed by atoms with Crippen molar-refractivity contribution in [1.29, 1.82) is 0 Å². The third kappa shape index (κ3) is 8.59. The average molecular weight is 272 g/mol. The van der Waals surface area contributed by atoms with Gasteiger partial charge in [-0.25, -0.2) is 0 Å². The summed E-state index contributed by atoms with van der Waals surface area (Å²) in [6, 6.07) is 0. The van der Waals surface area contributed by atoms with Gasteiger partial charge in [0.05, 0.1) is 6.54 Å². The zero-order chi connectivity index (χ0) is 14.8. The topological polar surface area (TPSA) is 60.9 Å². The largest absolute Gasteiger partial charge is 0.480 e. The highest BCUT2D eigenvalue weighted by molar-refractivity contribution is 5.76. The first-order chi connectivity index (χ1) is 8.90. The Bertz CT molecular complexity index is 276. The molecule has 0 rings (SSSR count). The highest BCUT2D eigenvalue weighted by atomic mass is 16.4. The van der Waals surface area contributed by atoms with Crippen molar-refractivity contribution in [2.45, 2.75) is 40.5 Å². The van der Waals surface area contributed by atoms with E-state index in [0.29, 0.717) is 18.9 Å². The van der Waals surface area contributed by atoms with Gasteiger partial charge in [0.15, 0.2) is 0 Å². The molecule has 1 N–H and O–H groups in total. The first-order valence-corrected chi connectivity index (χ1v) is 7.12. The quantitative estimate of drug-likeness (QED) is 0.657. The average Bonchev–Trinajstić information content (AvgIpc) is 2.28. The number of nitrogens with zero attached hydrogens (tertiary/aromatic N) is 2. The Morgan fingerprint density at radius 1 is 1.16 bits per heavy atom. The Balaban J connectivity index is 4.10. The van der Waals surface area contributed by atoms with Gasteiger partial charge in [0.25, 0.3) is 0 Å². The zero-order valence-corrected chi connectivity index (χ0v) is 12.7. The molecule has 0 aromatic rings. The van der Waals surface area contributed by atoms with E-state index in [4.69, 9.17) is 5.11 Å². The Morgan fingerprint density at radius 3 is 2.16 bits per heavy atom. The monoisotopic (exact) mass is 272 g/mol. The van der Waals surface area contributed by atoms with E-state index in [0.717, 1.165) is 26.1 Å². The number of carboxylic acids is 1. The summed E-state index contributed by atoms with van der Waals surface area (Å²) in [5.74, 6) is -0.224. The summed E-state index contributed by atoms with van der Waals surface area (Å²) in [5, 5.41) is 8.85. The standard InChI is InChI=1S/C14H28N2O3/c1-5-16(6-2)13(17)8-7-9-15(10-12(3)4)11-14(18)19/h12H,5-11H2,1-4H3,(H,18,19). The van der Waals surface area contributed by atoms with Crippen LogP contribution in [-0.4, -0.2) is 59.5 Å². The van der Waals surface area contributed by atoms with E-state index in [1.54, 1.807) is 0 Å². The molecule has 0 aliphatic rings. The van der Waals surface area contributed by atoms with Gasteiger partial charge in [-0.3, -0.25) is 14.5 Å². The maximum absolute atomic E-state index is 11.8. The molecule has 0 saturated carbocycles. The molecule has 5 nitrogen and oxygen atoms in total. The van der Waals surface area contributed by atoms with Gasteiger partial charge in [0.2, 0.25) is 5.91 Å². The molecular formula is C14H28N2O3. The number of hydrogen-bond donors (Lipinski definition) is 1. The highest BCUT2D eigenvalue weighted by Gasteiger charge is 2.13. The molecule has 112 valence electrons. The normalized spacial score (nSPS) is 11.1. The second kappa shape index (κ2) is 9.78. The molecule has 0 fully saturated rings. The van der Waals surface area contributed by atoms with Crippen LogP contribution in [0, 0.1) is 5.92 Å². The number of carboxylic acid groups (broad SMARTS) is 1. The van der Waals surface area contributed by atoms with Crippen LogP contribution in [0.2, 0.25) is 0 Å². The van der Waals surface area contributed by atoms with Gasteiger partial charge >= 0.3 is 5.97 Å². The van der Waals surface area contributed by atoms with E-state index in [-0.39, 0.29) is 12.5 Å². The summed E-state index contributed by atoms with van der Waals surface area (Å²) in [6.07, 6.45) is 1.21. The van der Waals surface area contributed by atoms with E-state index in [1.165, 1.54) is 0 Å². The van der Waals surface area contributed by atoms with Crippen LogP contribution in [-0.2, 0) is 9.59 Å². The van der Waals surface area contributed by atoms with Crippen LogP contribution in [0.15, 0.2) is 0 Å². The van der Waals surface area contributed by atoms with Crippen LogP contribution in [0.5, 0.6) is 0 Å². The van der Waals surface area contributed by atoms with Gasteiger partial charge in [0, 0.05) is 26.1 Å². The van der Waals surface area contributed by atoms with Gasteiger partial charge < -0.3 is 10.0 Å². The van der Waals surface area contributed by atoms with Crippen molar-refractivity contribution in [2.24, 2.45) is 5.92 Å². The second-order valence-corrected chi connectivity index (χ2v) is 5.19. The molecule has 0 atom stereocenters. The molecule has 0 bridgehead atoms. The van der Waals surface area contributed by atoms with Crippen LogP contribution in [0.4, 0.5) is 0 Å². The SMILES string of the molecule is CCN(CC)C(=O)CCCN(CC(=O)O)CC(C)C. The van der Waals surface area contributed by atoms with E-state index in [1.807, 2.05) is 23.6 Å². The molecule has 0 aliphatic carbocycles. The van der Waals surface area contributed by atoms with Crippen molar-refractivity contribution in [1.82, 2.24) is 9.80 Å². The van der Waals surface area contributed by atoms with Gasteiger partial charge in [-0.2, -0.15) is 0 Å². The second-order valence-electron chi connectivity index (χ2n) is 5.19. The number of carbonyl (C=O) groups is 2. The molecule has 0 spiro atoms. The predicted molar refractivity (Wildman–Crippen MR) is 76.1 cm³/mol. The third-order valence-electron chi connectivity index (χ3n) is 2.96. The summed E-state index contributed by atoms with van der Waals surface area (Å²) in [5.41, 5.74) is 0. The van der Waals surface area contributed by atoms with E-state index < -0.39 is 5.97 Å². The molecule has 0 heterocycles. The number of aliphatic carboxylic acids is 1. The molecule has 0 aromatic carbocycles. The highest BCUT2D eigenvalue weighted by Crippen LogP contribution is 2.03. The van der Waals surface area contributed by atoms with Crippen molar-refractivity contribution >= 4 is 11.9 Å². The number of rotatable bonds is 10. The minimum absolute atomic E-state index is 0.0532.